The molecular formula is C19H14Cl2N6OS. The van der Waals surface area contributed by atoms with Gasteiger partial charge in [-0.2, -0.15) is 0 Å². The van der Waals surface area contributed by atoms with E-state index in [1.165, 1.54) is 11.8 Å². The summed E-state index contributed by atoms with van der Waals surface area (Å²) >= 11 is 13.2. The predicted molar refractivity (Wildman–Crippen MR) is 114 cm³/mol. The lowest BCUT2D eigenvalue weighted by Gasteiger charge is -2.11. The van der Waals surface area contributed by atoms with Crippen molar-refractivity contribution in [1.29, 1.82) is 0 Å². The Morgan fingerprint density at radius 1 is 1.07 bits per heavy atom. The molecule has 0 aliphatic carbocycles. The van der Waals surface area contributed by atoms with Crippen molar-refractivity contribution in [3.05, 3.63) is 77.3 Å². The first-order valence-corrected chi connectivity index (χ1v) is 10.2. The molecule has 1 N–H and O–H groups in total. The third kappa shape index (κ3) is 4.61. The molecule has 0 saturated heterocycles. The van der Waals surface area contributed by atoms with Crippen LogP contribution < -0.4 is 5.32 Å². The van der Waals surface area contributed by atoms with E-state index in [2.05, 4.69) is 20.5 Å². The van der Waals surface area contributed by atoms with E-state index < -0.39 is 0 Å². The van der Waals surface area contributed by atoms with Gasteiger partial charge in [-0.1, -0.05) is 35.0 Å². The third-order valence-corrected chi connectivity index (χ3v) is 5.19. The van der Waals surface area contributed by atoms with Crippen molar-refractivity contribution in [2.75, 3.05) is 11.1 Å². The first-order chi connectivity index (χ1) is 14.1. The van der Waals surface area contributed by atoms with Gasteiger partial charge in [-0.15, -0.1) is 10.2 Å². The number of nitrogens with one attached hydrogen (secondary N) is 1. The van der Waals surface area contributed by atoms with Gasteiger partial charge in [0, 0.05) is 46.1 Å². The van der Waals surface area contributed by atoms with Crippen molar-refractivity contribution >= 4 is 46.6 Å². The Balaban J connectivity index is 1.54. The molecule has 0 unspecified atom stereocenters. The number of thioether (sulfide) groups is 1. The molecule has 29 heavy (non-hydrogen) atoms. The lowest BCUT2D eigenvalue weighted by Crippen LogP contribution is -2.16. The summed E-state index contributed by atoms with van der Waals surface area (Å²) in [6.07, 6.45) is 7.17. The molecule has 1 aromatic carbocycles. The predicted octanol–water partition coefficient (Wildman–Crippen LogP) is 4.49. The number of hydrogen-bond acceptors (Lipinski definition) is 5. The summed E-state index contributed by atoms with van der Waals surface area (Å²) < 4.78 is 3.67. The Kier molecular flexibility index (Phi) is 5.84. The number of anilines is 1. The molecule has 0 spiro atoms. The van der Waals surface area contributed by atoms with E-state index in [0.717, 1.165) is 5.56 Å². The van der Waals surface area contributed by atoms with Gasteiger partial charge in [0.1, 0.15) is 0 Å². The molecule has 3 heterocycles. The number of aromatic nitrogens is 5. The summed E-state index contributed by atoms with van der Waals surface area (Å²) in [5, 5.41) is 12.8. The molecule has 4 aromatic rings. The van der Waals surface area contributed by atoms with E-state index in [1.54, 1.807) is 30.6 Å². The number of carbonyl (C=O) groups excluding carboxylic acids is 1. The second-order valence-corrected chi connectivity index (χ2v) is 7.73. The molecule has 0 aliphatic heterocycles. The zero-order valence-electron chi connectivity index (χ0n) is 14.9. The molecule has 7 nitrogen and oxygen atoms in total. The van der Waals surface area contributed by atoms with Gasteiger partial charge in [-0.05, 0) is 42.5 Å². The lowest BCUT2D eigenvalue weighted by molar-refractivity contribution is -0.113. The van der Waals surface area contributed by atoms with Crippen LogP contribution in [0.3, 0.4) is 0 Å². The highest BCUT2D eigenvalue weighted by Gasteiger charge is 2.17. The van der Waals surface area contributed by atoms with Crippen molar-refractivity contribution < 1.29 is 4.79 Å². The van der Waals surface area contributed by atoms with E-state index in [-0.39, 0.29) is 11.7 Å². The fourth-order valence-electron chi connectivity index (χ4n) is 2.65. The highest BCUT2D eigenvalue weighted by atomic mass is 35.5. The van der Waals surface area contributed by atoms with Gasteiger partial charge in [0.15, 0.2) is 5.82 Å². The minimum absolute atomic E-state index is 0.135. The van der Waals surface area contributed by atoms with E-state index in [0.29, 0.717) is 26.7 Å². The lowest BCUT2D eigenvalue weighted by atomic mass is 10.3. The minimum atomic E-state index is -0.210. The summed E-state index contributed by atoms with van der Waals surface area (Å²) in [6.45, 7) is 0. The SMILES string of the molecule is O=C(CSc1nnc(-c2cccnc2)n1-n1cccc1)Nc1cc(Cl)cc(Cl)c1. The molecule has 146 valence electrons. The van der Waals surface area contributed by atoms with Gasteiger partial charge in [0.05, 0.1) is 5.75 Å². The van der Waals surface area contributed by atoms with E-state index in [4.69, 9.17) is 23.2 Å². The van der Waals surface area contributed by atoms with Gasteiger partial charge >= 0.3 is 0 Å². The Morgan fingerprint density at radius 3 is 2.52 bits per heavy atom. The fraction of sp³-hybridized carbons (Fsp3) is 0.0526. The molecule has 1 amide bonds. The molecule has 3 aromatic heterocycles. The van der Waals surface area contributed by atoms with Crippen LogP contribution >= 0.6 is 35.0 Å². The van der Waals surface area contributed by atoms with Gasteiger partial charge in [0.2, 0.25) is 11.1 Å². The van der Waals surface area contributed by atoms with Crippen LogP contribution in [-0.2, 0) is 4.79 Å². The van der Waals surface area contributed by atoms with Crippen LogP contribution in [0.5, 0.6) is 0 Å². The molecule has 0 saturated carbocycles. The number of carbonyl (C=O) groups is 1. The van der Waals surface area contributed by atoms with Crippen molar-refractivity contribution in [3.8, 4) is 11.4 Å². The van der Waals surface area contributed by atoms with Gasteiger partial charge in [-0.25, -0.2) is 4.68 Å². The van der Waals surface area contributed by atoms with Gasteiger partial charge < -0.3 is 5.32 Å². The number of nitrogens with zero attached hydrogens (tertiary/aromatic N) is 5. The van der Waals surface area contributed by atoms with Crippen LogP contribution in [0.4, 0.5) is 5.69 Å². The van der Waals surface area contributed by atoms with Crippen LogP contribution in [-0.4, -0.2) is 36.2 Å². The monoisotopic (exact) mass is 444 g/mol. The van der Waals surface area contributed by atoms with Crippen molar-refractivity contribution in [3.63, 3.8) is 0 Å². The number of benzene rings is 1. The average molecular weight is 445 g/mol. The maximum absolute atomic E-state index is 12.4. The average Bonchev–Trinajstić information content (AvgIpc) is 3.35. The summed E-state index contributed by atoms with van der Waals surface area (Å²) in [5.74, 6) is 0.550. The van der Waals surface area contributed by atoms with Gasteiger partial charge in [-0.3, -0.25) is 14.5 Å². The molecule has 0 fully saturated rings. The maximum Gasteiger partial charge on any atom is 0.234 e. The quantitative estimate of drug-likeness (QED) is 0.443. The normalized spacial score (nSPS) is 10.8. The van der Waals surface area contributed by atoms with Crippen molar-refractivity contribution in [2.24, 2.45) is 0 Å². The molecule has 0 bridgehead atoms. The molecule has 4 rings (SSSR count). The maximum atomic E-state index is 12.4. The first-order valence-electron chi connectivity index (χ1n) is 8.48. The smallest absolute Gasteiger partial charge is 0.234 e. The van der Waals surface area contributed by atoms with E-state index >= 15 is 0 Å². The van der Waals surface area contributed by atoms with E-state index in [1.807, 2.05) is 46.0 Å². The molecule has 10 heteroatoms. The fourth-order valence-corrected chi connectivity index (χ4v) is 3.91. The zero-order valence-corrected chi connectivity index (χ0v) is 17.2. The Morgan fingerprint density at radius 2 is 1.83 bits per heavy atom. The number of rotatable bonds is 6. The highest BCUT2D eigenvalue weighted by molar-refractivity contribution is 7.99. The second-order valence-electron chi connectivity index (χ2n) is 5.92. The Bertz CT molecular complexity index is 1110. The number of pyridine rings is 1. The third-order valence-electron chi connectivity index (χ3n) is 3.83. The van der Waals surface area contributed by atoms with Crippen LogP contribution in [0.2, 0.25) is 10.0 Å². The first kappa shape index (κ1) is 19.5. The largest absolute Gasteiger partial charge is 0.325 e. The zero-order chi connectivity index (χ0) is 20.2. The Labute approximate surface area is 180 Å². The standard InChI is InChI=1S/C19H14Cl2N6OS/c20-14-8-15(21)10-16(9-14)23-17(28)12-29-19-25-24-18(13-4-3-5-22-11-13)27(19)26-6-1-2-7-26/h1-11H,12H2,(H,23,28). The topological polar surface area (TPSA) is 77.6 Å². The van der Waals surface area contributed by atoms with Gasteiger partial charge in [0.25, 0.3) is 0 Å². The number of amides is 1. The summed E-state index contributed by atoms with van der Waals surface area (Å²) in [7, 11) is 0. The van der Waals surface area contributed by atoms with Crippen LogP contribution in [0.25, 0.3) is 11.4 Å². The number of halogens is 2. The Hall–Kier alpha value is -2.81. The van der Waals surface area contributed by atoms with E-state index in [9.17, 15) is 4.79 Å². The summed E-state index contributed by atoms with van der Waals surface area (Å²) in [5.41, 5.74) is 1.36. The van der Waals surface area contributed by atoms with Crippen molar-refractivity contribution in [2.45, 2.75) is 5.16 Å². The van der Waals surface area contributed by atoms with Crippen LogP contribution in [0.15, 0.2) is 72.4 Å². The van der Waals surface area contributed by atoms with Crippen LogP contribution in [0.1, 0.15) is 0 Å². The molecule has 0 radical (unpaired) electrons. The summed E-state index contributed by atoms with van der Waals surface area (Å²) in [4.78, 5) is 16.5. The second kappa shape index (κ2) is 8.69. The minimum Gasteiger partial charge on any atom is -0.325 e. The number of hydrogen-bond donors (Lipinski definition) is 1. The van der Waals surface area contributed by atoms with Crippen LogP contribution in [0, 0.1) is 0 Å². The molecular weight excluding hydrogens is 431 g/mol. The summed E-state index contributed by atoms with van der Waals surface area (Å²) in [6, 6.07) is 12.4. The van der Waals surface area contributed by atoms with Crippen molar-refractivity contribution in [1.82, 2.24) is 24.5 Å². The molecule has 0 aliphatic rings. The highest BCUT2D eigenvalue weighted by Crippen LogP contribution is 2.25. The molecule has 0 atom stereocenters.